The zero-order valence-electron chi connectivity index (χ0n) is 23.0. The van der Waals surface area contributed by atoms with Crippen molar-refractivity contribution < 1.29 is 4.42 Å². The van der Waals surface area contributed by atoms with Crippen LogP contribution in [-0.4, -0.2) is 26.1 Å². The van der Waals surface area contributed by atoms with Crippen molar-refractivity contribution in [2.75, 3.05) is 0 Å². The number of benzene rings is 5. The van der Waals surface area contributed by atoms with Crippen LogP contribution in [0.5, 0.6) is 0 Å². The molecule has 1 aliphatic carbocycles. The lowest BCUT2D eigenvalue weighted by Gasteiger charge is -2.15. The lowest BCUT2D eigenvalue weighted by molar-refractivity contribution is 0.334. The Morgan fingerprint density at radius 2 is 1.35 bits per heavy atom. The Labute approximate surface area is 245 Å². The quantitative estimate of drug-likeness (QED) is 0.220. The molecule has 202 valence electrons. The summed E-state index contributed by atoms with van der Waals surface area (Å²) in [6, 6.07) is 36.0. The van der Waals surface area contributed by atoms with E-state index in [1.54, 1.807) is 0 Å². The van der Waals surface area contributed by atoms with Crippen LogP contribution in [0.25, 0.3) is 71.2 Å². The summed E-state index contributed by atoms with van der Waals surface area (Å²) in [5.74, 6) is 0. The van der Waals surface area contributed by atoms with Gasteiger partial charge in [-0.05, 0) is 24.3 Å². The third-order valence-corrected chi connectivity index (χ3v) is 10.6. The van der Waals surface area contributed by atoms with Crippen molar-refractivity contribution in [3.8, 4) is 5.69 Å². The van der Waals surface area contributed by atoms with E-state index in [2.05, 4.69) is 141 Å². The summed E-state index contributed by atoms with van der Waals surface area (Å²) in [5, 5.41) is 11.4. The summed E-state index contributed by atoms with van der Waals surface area (Å²) in [5.41, 5.74) is 9.30. The molecular weight excluding hydrogens is 528 g/mol. The number of allylic oxidation sites excluding steroid dienone is 2. The summed E-state index contributed by atoms with van der Waals surface area (Å²) in [6.45, 7) is 0. The van der Waals surface area contributed by atoms with Gasteiger partial charge in [0, 0.05) is 32.8 Å². The predicted octanol–water partition coefficient (Wildman–Crippen LogP) is 8.24. The fourth-order valence-electron chi connectivity index (χ4n) is 8.93. The van der Waals surface area contributed by atoms with Crippen LogP contribution in [-0.2, 0) is 5.66 Å². The van der Waals surface area contributed by atoms with Crippen LogP contribution in [0, 0.1) is 0 Å². The van der Waals surface area contributed by atoms with Gasteiger partial charge in [0.25, 0.3) is 0 Å². The molecule has 3 aromatic heterocycles. The number of para-hydroxylation sites is 4. The summed E-state index contributed by atoms with van der Waals surface area (Å²) in [6.07, 6.45) is 9.26. The zero-order chi connectivity index (χ0) is 27.6. The molecule has 0 saturated carbocycles. The van der Waals surface area contributed by atoms with Gasteiger partial charge in [-0.2, -0.15) is 0 Å². The fraction of sp³-hybridized carbons (Fsp3) is 0.105. The molecule has 0 amide bonds. The number of aromatic nitrogens is 2. The third-order valence-electron chi connectivity index (χ3n) is 10.6. The average molecular weight is 553 g/mol. The highest BCUT2D eigenvalue weighted by Gasteiger charge is 2.73. The van der Waals surface area contributed by atoms with Crippen LogP contribution >= 0.6 is 0 Å². The number of hydrogen-bond donors (Lipinski definition) is 1. The fourth-order valence-corrected chi connectivity index (χ4v) is 8.93. The monoisotopic (exact) mass is 552 g/mol. The molecule has 2 fully saturated rings. The Morgan fingerprint density at radius 1 is 0.628 bits per heavy atom. The maximum absolute atomic E-state index is 6.88. The van der Waals surface area contributed by atoms with Crippen molar-refractivity contribution >= 4 is 65.6 Å². The smallest absolute Gasteiger partial charge is 0.147 e. The zero-order valence-corrected chi connectivity index (χ0v) is 23.0. The largest absolute Gasteiger partial charge is 0.455 e. The van der Waals surface area contributed by atoms with Gasteiger partial charge in [0.05, 0.1) is 44.9 Å². The van der Waals surface area contributed by atoms with Crippen molar-refractivity contribution in [1.29, 1.82) is 0 Å². The average Bonchev–Trinajstić information content (AvgIpc) is 3.78. The van der Waals surface area contributed by atoms with Gasteiger partial charge in [-0.3, -0.25) is 10.2 Å². The molecule has 8 aromatic rings. The number of nitrogens with zero attached hydrogens (tertiary/aromatic N) is 3. The molecule has 0 bridgehead atoms. The van der Waals surface area contributed by atoms with Crippen LogP contribution < -0.4 is 5.32 Å². The molecule has 0 radical (unpaired) electrons. The lowest BCUT2D eigenvalue weighted by atomic mass is 9.99. The second kappa shape index (κ2) is 6.92. The molecule has 4 unspecified atom stereocenters. The number of hydrogen-bond acceptors (Lipinski definition) is 3. The van der Waals surface area contributed by atoms with Crippen LogP contribution in [0.4, 0.5) is 0 Å². The van der Waals surface area contributed by atoms with E-state index in [4.69, 9.17) is 4.42 Å². The normalized spacial score (nSPS) is 26.4. The molecule has 4 aliphatic rings. The maximum Gasteiger partial charge on any atom is 0.147 e. The second-order valence-electron chi connectivity index (χ2n) is 12.5. The van der Waals surface area contributed by atoms with Gasteiger partial charge in [0.1, 0.15) is 23.0 Å². The van der Waals surface area contributed by atoms with Crippen molar-refractivity contribution in [3.63, 3.8) is 0 Å². The van der Waals surface area contributed by atoms with Gasteiger partial charge in [-0.25, -0.2) is 0 Å². The Bertz CT molecular complexity index is 2620. The van der Waals surface area contributed by atoms with E-state index in [0.717, 1.165) is 16.9 Å². The molecule has 3 aliphatic heterocycles. The number of nitrogens with one attached hydrogen (secondary N) is 1. The predicted molar refractivity (Wildman–Crippen MR) is 173 cm³/mol. The highest BCUT2D eigenvalue weighted by molar-refractivity contribution is 6.39. The van der Waals surface area contributed by atoms with Gasteiger partial charge < -0.3 is 13.6 Å². The molecule has 5 aromatic carbocycles. The Hall–Kier alpha value is -5.10. The van der Waals surface area contributed by atoms with Crippen LogP contribution in [0.3, 0.4) is 0 Å². The molecule has 5 nitrogen and oxygen atoms in total. The molecule has 2 saturated heterocycles. The number of rotatable bonds is 2. The van der Waals surface area contributed by atoms with Crippen LogP contribution in [0.1, 0.15) is 11.7 Å². The molecule has 1 N–H and O–H groups in total. The van der Waals surface area contributed by atoms with E-state index in [0.29, 0.717) is 12.1 Å². The minimum Gasteiger partial charge on any atom is -0.455 e. The van der Waals surface area contributed by atoms with Crippen LogP contribution in [0.2, 0.25) is 0 Å². The number of furan rings is 1. The molecule has 5 atom stereocenters. The first-order valence-electron chi connectivity index (χ1n) is 15.2. The van der Waals surface area contributed by atoms with Gasteiger partial charge in [-0.15, -0.1) is 0 Å². The minimum atomic E-state index is -0.176. The van der Waals surface area contributed by atoms with E-state index in [1.807, 2.05) is 0 Å². The molecule has 43 heavy (non-hydrogen) atoms. The van der Waals surface area contributed by atoms with Crippen molar-refractivity contribution in [2.45, 2.75) is 23.9 Å². The van der Waals surface area contributed by atoms with Crippen molar-refractivity contribution in [1.82, 2.24) is 19.4 Å². The molecule has 0 spiro atoms. The van der Waals surface area contributed by atoms with Gasteiger partial charge in [0.2, 0.25) is 0 Å². The standard InChI is InChI=1S/C38H24N4O/c1-2-11-21(12-3-1)40-26-17-6-4-13-22(26)31-34(40)30-24-15-10-16-25-33(24)41(35(30)32-23-14-5-9-20-29(23)43-36(31)32)37-38(25,39-37)42-27-18-7-8-19-28(27)42/h1-20,27-28,37,39H/t27-,28?,37?,38?,42?/m0/s1. The minimum absolute atomic E-state index is 0.168. The highest BCUT2D eigenvalue weighted by Crippen LogP contribution is 2.65. The maximum atomic E-state index is 6.88. The SMILES string of the molecule is C1=CC2[C@H](C=C1)N2C12NC1n1c3c2cccc3c2c3c(c4ccccc4n3-c3ccccc3)c3oc4ccccc4c3c21. The van der Waals surface area contributed by atoms with Gasteiger partial charge in [-0.1, -0.05) is 97.1 Å². The van der Waals surface area contributed by atoms with E-state index in [9.17, 15) is 0 Å². The van der Waals surface area contributed by atoms with E-state index < -0.39 is 0 Å². The van der Waals surface area contributed by atoms with E-state index in [1.165, 1.54) is 59.9 Å². The van der Waals surface area contributed by atoms with Crippen molar-refractivity contribution in [2.24, 2.45) is 0 Å². The first-order chi connectivity index (χ1) is 21.4. The van der Waals surface area contributed by atoms with Crippen molar-refractivity contribution in [3.05, 3.63) is 127 Å². The van der Waals surface area contributed by atoms with Gasteiger partial charge >= 0.3 is 0 Å². The van der Waals surface area contributed by atoms with E-state index >= 15 is 0 Å². The second-order valence-corrected chi connectivity index (χ2v) is 12.5. The van der Waals surface area contributed by atoms with Crippen LogP contribution in [0.15, 0.2) is 126 Å². The third kappa shape index (κ3) is 2.26. The Kier molecular flexibility index (Phi) is 3.47. The molecular formula is C38H24N4O. The molecule has 12 rings (SSSR count). The number of fused-ring (bicyclic) bond motifs is 16. The molecule has 5 heteroatoms. The van der Waals surface area contributed by atoms with Gasteiger partial charge in [0.15, 0.2) is 0 Å². The first kappa shape index (κ1) is 21.6. The Balaban J connectivity index is 1.34. The summed E-state index contributed by atoms with van der Waals surface area (Å²) in [4.78, 5) is 2.66. The summed E-state index contributed by atoms with van der Waals surface area (Å²) >= 11 is 0. The first-order valence-corrected chi connectivity index (χ1v) is 15.2. The van der Waals surface area contributed by atoms with E-state index in [-0.39, 0.29) is 11.8 Å². The molecule has 6 heterocycles. The summed E-state index contributed by atoms with van der Waals surface area (Å²) in [7, 11) is 0. The lowest BCUT2D eigenvalue weighted by Crippen LogP contribution is -2.25. The topological polar surface area (TPSA) is 48.0 Å². The highest BCUT2D eigenvalue weighted by atomic mass is 16.3. The summed E-state index contributed by atoms with van der Waals surface area (Å²) < 4.78 is 12.0. The Morgan fingerprint density at radius 3 is 2.21 bits per heavy atom.